The largest absolute Gasteiger partial charge is 0.309 e. The summed E-state index contributed by atoms with van der Waals surface area (Å²) in [6, 6.07) is 8.55. The van der Waals surface area contributed by atoms with Crippen LogP contribution in [0.3, 0.4) is 0 Å². The van der Waals surface area contributed by atoms with Crippen molar-refractivity contribution in [3.05, 3.63) is 41.2 Å². The van der Waals surface area contributed by atoms with Crippen LogP contribution in [0.25, 0.3) is 0 Å². The summed E-state index contributed by atoms with van der Waals surface area (Å²) in [5.74, 6) is 1.89. The number of aromatic nitrogens is 3. The zero-order valence-electron chi connectivity index (χ0n) is 9.77. The molecule has 0 saturated heterocycles. The Labute approximate surface area is 99.9 Å². The molecule has 1 heterocycles. The van der Waals surface area contributed by atoms with E-state index in [1.54, 1.807) is 11.8 Å². The summed E-state index contributed by atoms with van der Waals surface area (Å²) in [5, 5.41) is 9.14. The molecular weight excluding hydrogens is 218 g/mol. The second-order valence-corrected chi connectivity index (χ2v) is 4.81. The van der Waals surface area contributed by atoms with Gasteiger partial charge in [0.15, 0.2) is 5.16 Å². The molecule has 0 bridgehead atoms. The highest BCUT2D eigenvalue weighted by molar-refractivity contribution is 7.98. The Hall–Kier alpha value is -1.29. The lowest BCUT2D eigenvalue weighted by Gasteiger charge is -2.02. The van der Waals surface area contributed by atoms with Crippen LogP contribution in [0, 0.1) is 13.8 Å². The Morgan fingerprint density at radius 1 is 1.25 bits per heavy atom. The third kappa shape index (κ3) is 2.44. The van der Waals surface area contributed by atoms with Gasteiger partial charge in [-0.25, -0.2) is 0 Å². The zero-order valence-corrected chi connectivity index (χ0v) is 10.6. The maximum Gasteiger partial charge on any atom is 0.191 e. The van der Waals surface area contributed by atoms with E-state index in [1.165, 1.54) is 11.1 Å². The Morgan fingerprint density at radius 3 is 2.69 bits per heavy atom. The Kier molecular flexibility index (Phi) is 3.29. The average Bonchev–Trinajstić information content (AvgIpc) is 2.57. The summed E-state index contributed by atoms with van der Waals surface area (Å²) in [6.07, 6.45) is 0. The summed E-state index contributed by atoms with van der Waals surface area (Å²) in [6.45, 7) is 4.07. The maximum atomic E-state index is 4.13. The molecule has 0 atom stereocenters. The molecule has 1 aromatic heterocycles. The van der Waals surface area contributed by atoms with Crippen LogP contribution in [0.5, 0.6) is 0 Å². The molecule has 3 nitrogen and oxygen atoms in total. The fourth-order valence-corrected chi connectivity index (χ4v) is 2.36. The van der Waals surface area contributed by atoms with Gasteiger partial charge in [-0.05, 0) is 19.4 Å². The second kappa shape index (κ2) is 4.70. The number of hydrogen-bond acceptors (Lipinski definition) is 3. The number of nitrogens with zero attached hydrogens (tertiary/aromatic N) is 3. The minimum Gasteiger partial charge on any atom is -0.309 e. The molecule has 0 spiro atoms. The Morgan fingerprint density at radius 2 is 2.06 bits per heavy atom. The van der Waals surface area contributed by atoms with E-state index in [0.29, 0.717) is 0 Å². The van der Waals surface area contributed by atoms with Crippen LogP contribution >= 0.6 is 11.8 Å². The first-order chi connectivity index (χ1) is 7.66. The Bertz CT molecular complexity index is 491. The van der Waals surface area contributed by atoms with E-state index < -0.39 is 0 Å². The van der Waals surface area contributed by atoms with Gasteiger partial charge in [0.1, 0.15) is 5.82 Å². The van der Waals surface area contributed by atoms with E-state index in [1.807, 2.05) is 18.5 Å². The van der Waals surface area contributed by atoms with Gasteiger partial charge in [-0.2, -0.15) is 0 Å². The van der Waals surface area contributed by atoms with Crippen LogP contribution in [-0.2, 0) is 12.8 Å². The van der Waals surface area contributed by atoms with E-state index in [2.05, 4.69) is 41.4 Å². The summed E-state index contributed by atoms with van der Waals surface area (Å²) >= 11 is 1.72. The molecule has 84 valence electrons. The minimum absolute atomic E-state index is 0.938. The van der Waals surface area contributed by atoms with E-state index in [-0.39, 0.29) is 0 Å². The van der Waals surface area contributed by atoms with Crippen molar-refractivity contribution in [3.8, 4) is 0 Å². The first kappa shape index (κ1) is 11.2. The summed E-state index contributed by atoms with van der Waals surface area (Å²) < 4.78 is 2.01. The maximum absolute atomic E-state index is 4.13. The number of hydrogen-bond donors (Lipinski definition) is 0. The molecule has 0 saturated carbocycles. The van der Waals surface area contributed by atoms with Crippen LogP contribution in [0.1, 0.15) is 17.0 Å². The predicted octanol–water partition coefficient (Wildman–Crippen LogP) is 2.72. The number of benzene rings is 1. The van der Waals surface area contributed by atoms with Crippen molar-refractivity contribution in [2.24, 2.45) is 7.05 Å². The van der Waals surface area contributed by atoms with Gasteiger partial charge >= 0.3 is 0 Å². The molecule has 0 aliphatic rings. The Balaban J connectivity index is 2.05. The fourth-order valence-electron chi connectivity index (χ4n) is 1.46. The molecule has 1 aromatic carbocycles. The summed E-state index contributed by atoms with van der Waals surface area (Å²) in [4.78, 5) is 0. The summed E-state index contributed by atoms with van der Waals surface area (Å²) in [7, 11) is 1.99. The molecule has 2 aromatic rings. The van der Waals surface area contributed by atoms with Crippen LogP contribution in [-0.4, -0.2) is 14.8 Å². The molecule has 0 fully saturated rings. The molecule has 0 aliphatic heterocycles. The lowest BCUT2D eigenvalue weighted by Crippen LogP contribution is -1.93. The van der Waals surface area contributed by atoms with Gasteiger partial charge in [0.2, 0.25) is 0 Å². The smallest absolute Gasteiger partial charge is 0.191 e. The van der Waals surface area contributed by atoms with Gasteiger partial charge in [0.05, 0.1) is 0 Å². The first-order valence-electron chi connectivity index (χ1n) is 5.21. The van der Waals surface area contributed by atoms with Crippen molar-refractivity contribution in [1.82, 2.24) is 14.8 Å². The van der Waals surface area contributed by atoms with Crippen molar-refractivity contribution < 1.29 is 0 Å². The predicted molar refractivity (Wildman–Crippen MR) is 66.5 cm³/mol. The molecule has 4 heteroatoms. The van der Waals surface area contributed by atoms with Gasteiger partial charge in [-0.3, -0.25) is 0 Å². The van der Waals surface area contributed by atoms with E-state index in [0.717, 1.165) is 16.7 Å². The van der Waals surface area contributed by atoms with Crippen molar-refractivity contribution in [2.75, 3.05) is 0 Å². The average molecular weight is 233 g/mol. The standard InChI is InChI=1S/C12H15N3S/c1-9-5-4-6-11(7-9)8-16-12-14-13-10(2)15(12)3/h4-7H,8H2,1-3H3. The third-order valence-electron chi connectivity index (χ3n) is 2.50. The quantitative estimate of drug-likeness (QED) is 0.764. The van der Waals surface area contributed by atoms with Crippen molar-refractivity contribution in [2.45, 2.75) is 24.8 Å². The van der Waals surface area contributed by atoms with Gasteiger partial charge in [-0.15, -0.1) is 10.2 Å². The van der Waals surface area contributed by atoms with Gasteiger partial charge < -0.3 is 4.57 Å². The van der Waals surface area contributed by atoms with Crippen LogP contribution in [0.2, 0.25) is 0 Å². The molecule has 0 radical (unpaired) electrons. The molecule has 0 aliphatic carbocycles. The SMILES string of the molecule is Cc1cccc(CSc2nnc(C)n2C)c1. The molecule has 0 amide bonds. The highest BCUT2D eigenvalue weighted by Crippen LogP contribution is 2.21. The van der Waals surface area contributed by atoms with Crippen molar-refractivity contribution >= 4 is 11.8 Å². The molecular formula is C12H15N3S. The van der Waals surface area contributed by atoms with Crippen LogP contribution in [0.15, 0.2) is 29.4 Å². The summed E-state index contributed by atoms with van der Waals surface area (Å²) in [5.41, 5.74) is 2.62. The third-order valence-corrected chi connectivity index (χ3v) is 3.59. The number of rotatable bonds is 3. The van der Waals surface area contributed by atoms with Gasteiger partial charge in [-0.1, -0.05) is 41.6 Å². The van der Waals surface area contributed by atoms with Crippen molar-refractivity contribution in [1.29, 1.82) is 0 Å². The highest BCUT2D eigenvalue weighted by atomic mass is 32.2. The molecule has 16 heavy (non-hydrogen) atoms. The van der Waals surface area contributed by atoms with Crippen LogP contribution in [0.4, 0.5) is 0 Å². The molecule has 0 N–H and O–H groups in total. The van der Waals surface area contributed by atoms with Crippen molar-refractivity contribution in [3.63, 3.8) is 0 Å². The van der Waals surface area contributed by atoms with Gasteiger partial charge in [0.25, 0.3) is 0 Å². The molecule has 2 rings (SSSR count). The second-order valence-electron chi connectivity index (χ2n) is 3.87. The zero-order chi connectivity index (χ0) is 11.5. The monoisotopic (exact) mass is 233 g/mol. The van der Waals surface area contributed by atoms with E-state index in [9.17, 15) is 0 Å². The first-order valence-corrected chi connectivity index (χ1v) is 6.19. The minimum atomic E-state index is 0.938. The number of aryl methyl sites for hydroxylation is 2. The molecule has 0 unspecified atom stereocenters. The topological polar surface area (TPSA) is 30.7 Å². The lowest BCUT2D eigenvalue weighted by atomic mass is 10.2. The van der Waals surface area contributed by atoms with E-state index in [4.69, 9.17) is 0 Å². The fraction of sp³-hybridized carbons (Fsp3) is 0.333. The lowest BCUT2D eigenvalue weighted by molar-refractivity contribution is 0.765. The van der Waals surface area contributed by atoms with Crippen LogP contribution < -0.4 is 0 Å². The normalized spacial score (nSPS) is 10.7. The van der Waals surface area contributed by atoms with E-state index >= 15 is 0 Å². The van der Waals surface area contributed by atoms with Gasteiger partial charge in [0, 0.05) is 12.8 Å². The highest BCUT2D eigenvalue weighted by Gasteiger charge is 2.05. The number of thioether (sulfide) groups is 1.